The summed E-state index contributed by atoms with van der Waals surface area (Å²) in [6.07, 6.45) is 4.02. The molecular formula is C17H19N5O3S. The number of amides is 1. The maximum absolute atomic E-state index is 12.3. The lowest BCUT2D eigenvalue weighted by Gasteiger charge is -2.15. The van der Waals surface area contributed by atoms with Gasteiger partial charge in [-0.1, -0.05) is 12.1 Å². The number of fused-ring (bicyclic) bond motifs is 1. The largest absolute Gasteiger partial charge is 0.309 e. The molecule has 0 saturated heterocycles. The van der Waals surface area contributed by atoms with Gasteiger partial charge in [0.2, 0.25) is 5.91 Å². The molecule has 1 fully saturated rings. The molecule has 1 unspecified atom stereocenters. The van der Waals surface area contributed by atoms with Crippen molar-refractivity contribution in [1.82, 2.24) is 14.5 Å². The highest BCUT2D eigenvalue weighted by Gasteiger charge is 2.31. The second kappa shape index (κ2) is 6.24. The van der Waals surface area contributed by atoms with Gasteiger partial charge in [-0.2, -0.15) is 5.10 Å². The van der Waals surface area contributed by atoms with Gasteiger partial charge in [-0.25, -0.2) is 13.1 Å². The predicted molar refractivity (Wildman–Crippen MR) is 96.5 cm³/mol. The predicted octanol–water partition coefficient (Wildman–Crippen LogP) is 1.53. The fourth-order valence-electron chi connectivity index (χ4n) is 3.10. The Balaban J connectivity index is 1.47. The Labute approximate surface area is 151 Å². The molecular weight excluding hydrogens is 354 g/mol. The lowest BCUT2D eigenvalue weighted by molar-refractivity contribution is -0.114. The minimum Gasteiger partial charge on any atom is -0.309 e. The zero-order chi connectivity index (χ0) is 18.3. The van der Waals surface area contributed by atoms with Crippen molar-refractivity contribution in [1.29, 1.82) is 0 Å². The van der Waals surface area contributed by atoms with Gasteiger partial charge < -0.3 is 5.32 Å². The number of carbonyl (C=O) groups is 1. The summed E-state index contributed by atoms with van der Waals surface area (Å²) in [4.78, 5) is 16.6. The van der Waals surface area contributed by atoms with Crippen LogP contribution in [0.4, 0.5) is 5.82 Å². The summed E-state index contributed by atoms with van der Waals surface area (Å²) < 4.78 is 28.3. The maximum atomic E-state index is 12.3. The number of hydrogen-bond acceptors (Lipinski definition) is 5. The maximum Gasteiger partial charge on any atom is 0.263 e. The lowest BCUT2D eigenvalue weighted by atomic mass is 10.2. The van der Waals surface area contributed by atoms with E-state index in [-0.39, 0.29) is 29.2 Å². The molecule has 0 bridgehead atoms. The van der Waals surface area contributed by atoms with E-state index >= 15 is 0 Å². The summed E-state index contributed by atoms with van der Waals surface area (Å²) in [6, 6.07) is 8.54. The molecule has 0 spiro atoms. The SMILES string of the molecule is CC(C1CC1)n1nccc1NC(=O)CN=C1NS(=O)(=O)c2ccccc21. The molecule has 2 heterocycles. The highest BCUT2D eigenvalue weighted by Crippen LogP contribution is 2.40. The zero-order valence-corrected chi connectivity index (χ0v) is 15.0. The number of benzene rings is 1. The molecule has 8 nitrogen and oxygen atoms in total. The van der Waals surface area contributed by atoms with E-state index in [1.807, 2.05) is 4.68 Å². The van der Waals surface area contributed by atoms with Crippen LogP contribution < -0.4 is 10.0 Å². The van der Waals surface area contributed by atoms with E-state index in [0.29, 0.717) is 17.3 Å². The van der Waals surface area contributed by atoms with Gasteiger partial charge in [0.15, 0.2) is 0 Å². The smallest absolute Gasteiger partial charge is 0.263 e. The second-order valence-corrected chi connectivity index (χ2v) is 8.20. The number of carbonyl (C=O) groups excluding carboxylic acids is 1. The van der Waals surface area contributed by atoms with Crippen LogP contribution in [0.1, 0.15) is 31.4 Å². The molecule has 9 heteroatoms. The van der Waals surface area contributed by atoms with Crippen molar-refractivity contribution in [3.63, 3.8) is 0 Å². The first-order valence-corrected chi connectivity index (χ1v) is 9.94. The highest BCUT2D eigenvalue weighted by molar-refractivity contribution is 7.90. The van der Waals surface area contributed by atoms with Crippen LogP contribution in [-0.2, 0) is 14.8 Å². The molecule has 2 aromatic rings. The standard InChI is InChI=1S/C17H19N5O3S/c1-11(12-6-7-12)22-15(8-9-19-22)20-16(23)10-18-17-13-4-2-3-5-14(13)26(24,25)21-17/h2-5,8-9,11-12H,6-7,10H2,1H3,(H,18,21)(H,20,23). The Hall–Kier alpha value is -2.68. The van der Waals surface area contributed by atoms with Gasteiger partial charge in [-0.15, -0.1) is 0 Å². The van der Waals surface area contributed by atoms with Gasteiger partial charge in [0.1, 0.15) is 18.2 Å². The van der Waals surface area contributed by atoms with Crippen LogP contribution in [0.3, 0.4) is 0 Å². The number of sulfonamides is 1. The van der Waals surface area contributed by atoms with E-state index in [1.54, 1.807) is 30.5 Å². The Kier molecular flexibility index (Phi) is 4.03. The molecule has 2 aliphatic rings. The van der Waals surface area contributed by atoms with Crippen LogP contribution in [0, 0.1) is 5.92 Å². The number of hydrogen-bond donors (Lipinski definition) is 2. The minimum absolute atomic E-state index is 0.176. The van der Waals surface area contributed by atoms with E-state index < -0.39 is 10.0 Å². The fraction of sp³-hybridized carbons (Fsp3) is 0.353. The number of rotatable bonds is 5. The van der Waals surface area contributed by atoms with E-state index in [9.17, 15) is 13.2 Å². The number of nitrogens with one attached hydrogen (secondary N) is 2. The molecule has 1 atom stereocenters. The van der Waals surface area contributed by atoms with Crippen LogP contribution >= 0.6 is 0 Å². The van der Waals surface area contributed by atoms with Crippen molar-refractivity contribution in [3.05, 3.63) is 42.1 Å². The molecule has 136 valence electrons. The normalized spacial score (nSPS) is 20.4. The van der Waals surface area contributed by atoms with Gasteiger partial charge in [-0.05, 0) is 37.8 Å². The number of amidine groups is 1. The monoisotopic (exact) mass is 373 g/mol. The molecule has 4 rings (SSSR count). The Morgan fingerprint density at radius 1 is 1.38 bits per heavy atom. The summed E-state index contributed by atoms with van der Waals surface area (Å²) in [7, 11) is -3.60. The van der Waals surface area contributed by atoms with Crippen LogP contribution in [0.5, 0.6) is 0 Å². The molecule has 0 radical (unpaired) electrons. The van der Waals surface area contributed by atoms with Crippen LogP contribution in [0.25, 0.3) is 0 Å². The van der Waals surface area contributed by atoms with E-state index in [1.165, 1.54) is 18.9 Å². The average Bonchev–Trinajstić information content (AvgIpc) is 3.31. The van der Waals surface area contributed by atoms with E-state index in [0.717, 1.165) is 0 Å². The summed E-state index contributed by atoms with van der Waals surface area (Å²) in [5.74, 6) is 1.10. The third kappa shape index (κ3) is 3.10. The Morgan fingerprint density at radius 2 is 2.15 bits per heavy atom. The van der Waals surface area contributed by atoms with Crippen molar-refractivity contribution >= 4 is 27.6 Å². The number of anilines is 1. The molecule has 1 aromatic heterocycles. The first-order valence-electron chi connectivity index (χ1n) is 8.46. The van der Waals surface area contributed by atoms with Crippen LogP contribution in [-0.4, -0.2) is 36.5 Å². The summed E-state index contributed by atoms with van der Waals surface area (Å²) in [5.41, 5.74) is 0.479. The first kappa shape index (κ1) is 16.8. The average molecular weight is 373 g/mol. The van der Waals surface area contributed by atoms with Gasteiger partial charge in [0.25, 0.3) is 10.0 Å². The fourth-order valence-corrected chi connectivity index (χ4v) is 4.35. The third-order valence-corrected chi connectivity index (χ3v) is 6.07. The summed E-state index contributed by atoms with van der Waals surface area (Å²) in [5, 5.41) is 7.09. The van der Waals surface area contributed by atoms with Gasteiger partial charge in [-0.3, -0.25) is 14.5 Å². The third-order valence-electron chi connectivity index (χ3n) is 4.67. The number of nitrogens with zero attached hydrogens (tertiary/aromatic N) is 3. The van der Waals surface area contributed by atoms with Gasteiger partial charge in [0.05, 0.1) is 17.1 Å². The Morgan fingerprint density at radius 3 is 2.92 bits per heavy atom. The summed E-state index contributed by atoms with van der Waals surface area (Å²) >= 11 is 0. The number of aromatic nitrogens is 2. The minimum atomic E-state index is -3.60. The van der Waals surface area contributed by atoms with E-state index in [2.05, 4.69) is 27.1 Å². The van der Waals surface area contributed by atoms with Crippen molar-refractivity contribution < 1.29 is 13.2 Å². The lowest BCUT2D eigenvalue weighted by Crippen LogP contribution is -2.25. The molecule has 2 N–H and O–H groups in total. The molecule has 1 aromatic carbocycles. The number of aliphatic imine (C=N–C) groups is 1. The van der Waals surface area contributed by atoms with Gasteiger partial charge in [0, 0.05) is 11.6 Å². The highest BCUT2D eigenvalue weighted by atomic mass is 32.2. The Bertz CT molecular complexity index is 991. The second-order valence-electron chi connectivity index (χ2n) is 6.55. The van der Waals surface area contributed by atoms with Gasteiger partial charge >= 0.3 is 0 Å². The topological polar surface area (TPSA) is 105 Å². The molecule has 1 saturated carbocycles. The molecule has 1 amide bonds. The molecule has 26 heavy (non-hydrogen) atoms. The quantitative estimate of drug-likeness (QED) is 0.829. The summed E-state index contributed by atoms with van der Waals surface area (Å²) in [6.45, 7) is 1.90. The molecule has 1 aliphatic heterocycles. The van der Waals surface area contributed by atoms with Crippen molar-refractivity contribution in [3.8, 4) is 0 Å². The van der Waals surface area contributed by atoms with Crippen molar-refractivity contribution in [2.45, 2.75) is 30.7 Å². The zero-order valence-electron chi connectivity index (χ0n) is 14.2. The van der Waals surface area contributed by atoms with Crippen LogP contribution in [0.2, 0.25) is 0 Å². The van der Waals surface area contributed by atoms with E-state index in [4.69, 9.17) is 0 Å². The van der Waals surface area contributed by atoms with Crippen LogP contribution in [0.15, 0.2) is 46.4 Å². The first-order chi connectivity index (χ1) is 12.5. The molecule has 1 aliphatic carbocycles. The van der Waals surface area contributed by atoms with Crippen molar-refractivity contribution in [2.75, 3.05) is 11.9 Å². The van der Waals surface area contributed by atoms with Crippen molar-refractivity contribution in [2.24, 2.45) is 10.9 Å².